The molecule has 0 bridgehead atoms. The second-order valence-corrected chi connectivity index (χ2v) is 9.88. The highest BCUT2D eigenvalue weighted by atomic mass is 15.0. The third kappa shape index (κ3) is 4.88. The number of hydrogen-bond acceptors (Lipinski definition) is 3. The molecule has 3 heteroatoms. The number of anilines is 1. The van der Waals surface area contributed by atoms with Gasteiger partial charge in [-0.1, -0.05) is 39.1 Å². The zero-order chi connectivity index (χ0) is 26.0. The van der Waals surface area contributed by atoms with Gasteiger partial charge in [0.05, 0.1) is 16.9 Å². The molecule has 1 aliphatic carbocycles. The molecule has 2 N–H and O–H groups in total. The summed E-state index contributed by atoms with van der Waals surface area (Å²) in [6.45, 7) is 21.2. The number of rotatable bonds is 8. The van der Waals surface area contributed by atoms with E-state index in [1.54, 1.807) is 6.08 Å². The summed E-state index contributed by atoms with van der Waals surface area (Å²) in [6.07, 6.45) is 7.97. The molecule has 36 heavy (non-hydrogen) atoms. The Morgan fingerprint density at radius 1 is 1.00 bits per heavy atom. The average Bonchev–Trinajstić information content (AvgIpc) is 2.87. The number of allylic oxidation sites excluding steroid dienone is 3. The van der Waals surface area contributed by atoms with Crippen molar-refractivity contribution in [3.05, 3.63) is 106 Å². The van der Waals surface area contributed by atoms with Crippen molar-refractivity contribution in [2.45, 2.75) is 67.2 Å². The maximum atomic E-state index is 5.10. The van der Waals surface area contributed by atoms with Gasteiger partial charge in [-0.2, -0.15) is 0 Å². The lowest BCUT2D eigenvalue weighted by molar-refractivity contribution is 0.873. The largest absolute Gasteiger partial charge is 0.355 e. The Bertz CT molecular complexity index is 1420. The van der Waals surface area contributed by atoms with Crippen molar-refractivity contribution in [2.75, 3.05) is 5.32 Å². The SMILES string of the molecule is C=CC(=C)NC1=CCCC(C)=C1Nc1ccc2cc(-c3c(C)c(C)cc(CC)c3C)cc(CC)c2n1. The zero-order valence-corrected chi connectivity index (χ0v) is 22.7. The van der Waals surface area contributed by atoms with E-state index in [-0.39, 0.29) is 0 Å². The first-order valence-electron chi connectivity index (χ1n) is 13.1. The van der Waals surface area contributed by atoms with Crippen LogP contribution in [0.3, 0.4) is 0 Å². The van der Waals surface area contributed by atoms with Gasteiger partial charge in [0.15, 0.2) is 0 Å². The normalized spacial score (nSPS) is 13.6. The summed E-state index contributed by atoms with van der Waals surface area (Å²) < 4.78 is 0. The Hall–Kier alpha value is -3.59. The van der Waals surface area contributed by atoms with Crippen molar-refractivity contribution in [2.24, 2.45) is 0 Å². The van der Waals surface area contributed by atoms with Crippen LogP contribution in [0.4, 0.5) is 5.82 Å². The highest BCUT2D eigenvalue weighted by Crippen LogP contribution is 2.36. The van der Waals surface area contributed by atoms with Crippen LogP contribution in [-0.4, -0.2) is 4.98 Å². The van der Waals surface area contributed by atoms with Crippen LogP contribution in [0.15, 0.2) is 78.3 Å². The average molecular weight is 478 g/mol. The van der Waals surface area contributed by atoms with Crippen LogP contribution in [0.5, 0.6) is 0 Å². The number of hydrogen-bond donors (Lipinski definition) is 2. The van der Waals surface area contributed by atoms with Gasteiger partial charge in [-0.15, -0.1) is 0 Å². The molecule has 3 aromatic rings. The summed E-state index contributed by atoms with van der Waals surface area (Å²) in [5.74, 6) is 0.856. The van der Waals surface area contributed by atoms with Gasteiger partial charge in [0.2, 0.25) is 0 Å². The number of benzene rings is 2. The second-order valence-electron chi connectivity index (χ2n) is 9.88. The van der Waals surface area contributed by atoms with Crippen LogP contribution in [0.2, 0.25) is 0 Å². The zero-order valence-electron chi connectivity index (χ0n) is 22.7. The van der Waals surface area contributed by atoms with Gasteiger partial charge in [0.25, 0.3) is 0 Å². The molecular formula is C33H39N3. The molecule has 2 aromatic carbocycles. The van der Waals surface area contributed by atoms with E-state index >= 15 is 0 Å². The quantitative estimate of drug-likeness (QED) is 0.319. The van der Waals surface area contributed by atoms with Crippen molar-refractivity contribution >= 4 is 16.7 Å². The number of nitrogens with one attached hydrogen (secondary N) is 2. The molecule has 1 aromatic heterocycles. The number of pyridine rings is 1. The highest BCUT2D eigenvalue weighted by molar-refractivity contribution is 5.90. The van der Waals surface area contributed by atoms with Crippen LogP contribution in [0, 0.1) is 20.8 Å². The summed E-state index contributed by atoms with van der Waals surface area (Å²) >= 11 is 0. The van der Waals surface area contributed by atoms with Crippen molar-refractivity contribution in [3.63, 3.8) is 0 Å². The predicted molar refractivity (Wildman–Crippen MR) is 156 cm³/mol. The Balaban J connectivity index is 1.77. The van der Waals surface area contributed by atoms with Crippen LogP contribution >= 0.6 is 0 Å². The monoisotopic (exact) mass is 477 g/mol. The first-order chi connectivity index (χ1) is 17.3. The van der Waals surface area contributed by atoms with Crippen LogP contribution in [0.1, 0.15) is 61.4 Å². The van der Waals surface area contributed by atoms with Gasteiger partial charge in [-0.3, -0.25) is 0 Å². The van der Waals surface area contributed by atoms with E-state index in [4.69, 9.17) is 4.98 Å². The first kappa shape index (κ1) is 25.5. The van der Waals surface area contributed by atoms with Crippen molar-refractivity contribution in [1.82, 2.24) is 10.3 Å². The van der Waals surface area contributed by atoms with Crippen molar-refractivity contribution < 1.29 is 0 Å². The Morgan fingerprint density at radius 3 is 2.44 bits per heavy atom. The second kappa shape index (κ2) is 10.6. The minimum Gasteiger partial charge on any atom is -0.355 e. The molecule has 1 heterocycles. The molecule has 0 spiro atoms. The molecule has 1 aliphatic rings. The molecular weight excluding hydrogens is 438 g/mol. The fourth-order valence-electron chi connectivity index (χ4n) is 5.24. The molecule has 0 radical (unpaired) electrons. The molecule has 0 saturated carbocycles. The van der Waals surface area contributed by atoms with E-state index in [0.717, 1.165) is 54.1 Å². The smallest absolute Gasteiger partial charge is 0.131 e. The molecule has 0 saturated heterocycles. The number of aryl methyl sites for hydroxylation is 3. The molecule has 0 aliphatic heterocycles. The predicted octanol–water partition coefficient (Wildman–Crippen LogP) is 8.60. The Kier molecular flexibility index (Phi) is 7.49. The summed E-state index contributed by atoms with van der Waals surface area (Å²) in [4.78, 5) is 5.10. The lowest BCUT2D eigenvalue weighted by Gasteiger charge is -2.23. The molecule has 0 unspecified atom stereocenters. The summed E-state index contributed by atoms with van der Waals surface area (Å²) in [5.41, 5.74) is 14.7. The molecule has 0 fully saturated rings. The van der Waals surface area contributed by atoms with E-state index in [1.807, 2.05) is 0 Å². The number of aromatic nitrogens is 1. The lowest BCUT2D eigenvalue weighted by Crippen LogP contribution is -2.20. The highest BCUT2D eigenvalue weighted by Gasteiger charge is 2.17. The van der Waals surface area contributed by atoms with Gasteiger partial charge in [0.1, 0.15) is 5.82 Å². The Labute approximate surface area is 216 Å². The van der Waals surface area contributed by atoms with E-state index < -0.39 is 0 Å². The van der Waals surface area contributed by atoms with Gasteiger partial charge in [0, 0.05) is 11.1 Å². The summed E-state index contributed by atoms with van der Waals surface area (Å²) in [7, 11) is 0. The topological polar surface area (TPSA) is 37.0 Å². The van der Waals surface area contributed by atoms with Gasteiger partial charge < -0.3 is 10.6 Å². The minimum absolute atomic E-state index is 0.787. The van der Waals surface area contributed by atoms with Gasteiger partial charge in [-0.05, 0) is 128 Å². The van der Waals surface area contributed by atoms with Crippen molar-refractivity contribution in [3.8, 4) is 11.1 Å². The van der Waals surface area contributed by atoms with E-state index in [0.29, 0.717) is 0 Å². The lowest BCUT2D eigenvalue weighted by atomic mass is 9.87. The number of nitrogens with zero attached hydrogens (tertiary/aromatic N) is 1. The van der Waals surface area contributed by atoms with Crippen LogP contribution < -0.4 is 10.6 Å². The minimum atomic E-state index is 0.787. The van der Waals surface area contributed by atoms with Crippen molar-refractivity contribution in [1.29, 1.82) is 0 Å². The maximum absolute atomic E-state index is 5.10. The molecule has 0 atom stereocenters. The molecule has 0 amide bonds. The standard InChI is InChI=1S/C33H39N3/c1-9-22(6)34-29-14-12-13-20(4)32(29)35-30-16-15-27-19-28(18-26(11-3)33(27)36-30)31-23(7)21(5)17-25(10-2)24(31)8/h9,14-19,34H,1,6,10-13H2,2-5,7-8H3,(H,35,36). The van der Waals surface area contributed by atoms with E-state index in [9.17, 15) is 0 Å². The van der Waals surface area contributed by atoms with Gasteiger partial charge in [-0.25, -0.2) is 4.98 Å². The molecule has 3 nitrogen and oxygen atoms in total. The third-order valence-electron chi connectivity index (χ3n) is 7.49. The third-order valence-corrected chi connectivity index (χ3v) is 7.49. The maximum Gasteiger partial charge on any atom is 0.131 e. The first-order valence-corrected chi connectivity index (χ1v) is 13.1. The van der Waals surface area contributed by atoms with Crippen LogP contribution in [0.25, 0.3) is 22.0 Å². The fourth-order valence-corrected chi connectivity index (χ4v) is 5.24. The summed E-state index contributed by atoms with van der Waals surface area (Å²) in [5, 5.41) is 8.16. The van der Waals surface area contributed by atoms with E-state index in [2.05, 4.69) is 102 Å². The Morgan fingerprint density at radius 2 is 1.75 bits per heavy atom. The number of fused-ring (bicyclic) bond motifs is 1. The molecule has 4 rings (SSSR count). The summed E-state index contributed by atoms with van der Waals surface area (Å²) in [6, 6.07) is 11.3. The van der Waals surface area contributed by atoms with E-state index in [1.165, 1.54) is 49.9 Å². The fraction of sp³-hybridized carbons (Fsp3) is 0.303. The van der Waals surface area contributed by atoms with Crippen LogP contribution in [-0.2, 0) is 12.8 Å². The van der Waals surface area contributed by atoms with Gasteiger partial charge >= 0.3 is 0 Å². The molecule has 186 valence electrons.